The van der Waals surface area contributed by atoms with E-state index in [-0.39, 0.29) is 23.9 Å². The van der Waals surface area contributed by atoms with E-state index >= 15 is 0 Å². The molecule has 0 radical (unpaired) electrons. The van der Waals surface area contributed by atoms with Crippen molar-refractivity contribution in [1.82, 2.24) is 15.5 Å². The lowest BCUT2D eigenvalue weighted by atomic mass is 10.1. The SMILES string of the molecule is CC(NC1CNC(=O)C1)C(=O)N1CCCCC1. The molecule has 2 N–H and O–H groups in total. The van der Waals surface area contributed by atoms with Gasteiger partial charge in [-0.25, -0.2) is 0 Å². The molecule has 2 fully saturated rings. The van der Waals surface area contributed by atoms with E-state index in [2.05, 4.69) is 10.6 Å². The van der Waals surface area contributed by atoms with Crippen molar-refractivity contribution >= 4 is 11.8 Å². The summed E-state index contributed by atoms with van der Waals surface area (Å²) in [5.41, 5.74) is 0. The van der Waals surface area contributed by atoms with Crippen molar-refractivity contribution in [1.29, 1.82) is 0 Å². The van der Waals surface area contributed by atoms with Crippen LogP contribution < -0.4 is 10.6 Å². The third kappa shape index (κ3) is 3.19. The molecule has 96 valence electrons. The van der Waals surface area contributed by atoms with Gasteiger partial charge in [0, 0.05) is 32.1 Å². The van der Waals surface area contributed by atoms with Crippen LogP contribution >= 0.6 is 0 Å². The number of piperidine rings is 1. The first-order chi connectivity index (χ1) is 8.16. The van der Waals surface area contributed by atoms with Gasteiger partial charge >= 0.3 is 0 Å². The van der Waals surface area contributed by atoms with Gasteiger partial charge in [0.05, 0.1) is 6.04 Å². The van der Waals surface area contributed by atoms with Crippen molar-refractivity contribution in [3.8, 4) is 0 Å². The zero-order valence-electron chi connectivity index (χ0n) is 10.4. The Morgan fingerprint density at radius 3 is 2.71 bits per heavy atom. The Hall–Kier alpha value is -1.10. The monoisotopic (exact) mass is 239 g/mol. The van der Waals surface area contributed by atoms with Crippen molar-refractivity contribution in [3.05, 3.63) is 0 Å². The molecule has 0 aliphatic carbocycles. The molecule has 0 spiro atoms. The summed E-state index contributed by atoms with van der Waals surface area (Å²) in [6.07, 6.45) is 3.94. The van der Waals surface area contributed by atoms with Gasteiger partial charge in [-0.15, -0.1) is 0 Å². The summed E-state index contributed by atoms with van der Waals surface area (Å²) in [6.45, 7) is 4.29. The quantitative estimate of drug-likeness (QED) is 0.721. The van der Waals surface area contributed by atoms with Gasteiger partial charge in [0.1, 0.15) is 0 Å². The highest BCUT2D eigenvalue weighted by Crippen LogP contribution is 2.10. The molecule has 0 aromatic rings. The third-order valence-electron chi connectivity index (χ3n) is 3.50. The second kappa shape index (κ2) is 5.49. The minimum atomic E-state index is -0.189. The molecule has 2 rings (SSSR count). The first-order valence-corrected chi connectivity index (χ1v) is 6.48. The molecule has 2 unspecified atom stereocenters. The van der Waals surface area contributed by atoms with Crippen LogP contribution in [0.25, 0.3) is 0 Å². The molecule has 0 aromatic carbocycles. The van der Waals surface area contributed by atoms with Crippen molar-refractivity contribution < 1.29 is 9.59 Å². The number of carbonyl (C=O) groups is 2. The zero-order chi connectivity index (χ0) is 12.3. The summed E-state index contributed by atoms with van der Waals surface area (Å²) in [5.74, 6) is 0.240. The van der Waals surface area contributed by atoms with E-state index in [1.807, 2.05) is 11.8 Å². The van der Waals surface area contributed by atoms with E-state index in [0.29, 0.717) is 13.0 Å². The lowest BCUT2D eigenvalue weighted by Crippen LogP contribution is -2.50. The third-order valence-corrected chi connectivity index (χ3v) is 3.50. The van der Waals surface area contributed by atoms with Crippen LogP contribution in [0.15, 0.2) is 0 Å². The van der Waals surface area contributed by atoms with Crippen molar-refractivity contribution in [2.75, 3.05) is 19.6 Å². The summed E-state index contributed by atoms with van der Waals surface area (Å²) in [7, 11) is 0. The number of amides is 2. The average Bonchev–Trinajstić information content (AvgIpc) is 2.75. The first kappa shape index (κ1) is 12.4. The minimum Gasteiger partial charge on any atom is -0.354 e. The van der Waals surface area contributed by atoms with E-state index in [0.717, 1.165) is 25.9 Å². The fourth-order valence-electron chi connectivity index (χ4n) is 2.54. The van der Waals surface area contributed by atoms with E-state index in [4.69, 9.17) is 0 Å². The molecule has 17 heavy (non-hydrogen) atoms. The molecule has 2 aliphatic heterocycles. The van der Waals surface area contributed by atoms with Crippen LogP contribution in [0, 0.1) is 0 Å². The second-order valence-corrected chi connectivity index (χ2v) is 4.98. The Morgan fingerprint density at radius 2 is 2.12 bits per heavy atom. The number of rotatable bonds is 3. The fourth-order valence-corrected chi connectivity index (χ4v) is 2.54. The van der Waals surface area contributed by atoms with Crippen molar-refractivity contribution in [2.45, 2.75) is 44.7 Å². The largest absolute Gasteiger partial charge is 0.354 e. The van der Waals surface area contributed by atoms with E-state index in [1.54, 1.807) is 0 Å². The molecule has 2 heterocycles. The maximum Gasteiger partial charge on any atom is 0.239 e. The highest BCUT2D eigenvalue weighted by molar-refractivity contribution is 5.82. The maximum atomic E-state index is 12.1. The van der Waals surface area contributed by atoms with Gasteiger partial charge in [-0.3, -0.25) is 9.59 Å². The van der Waals surface area contributed by atoms with Crippen LogP contribution in [0.2, 0.25) is 0 Å². The number of nitrogens with one attached hydrogen (secondary N) is 2. The Morgan fingerprint density at radius 1 is 1.41 bits per heavy atom. The molecule has 0 bridgehead atoms. The molecule has 2 amide bonds. The Labute approximate surface area is 102 Å². The normalized spacial score (nSPS) is 26.8. The molecule has 0 saturated carbocycles. The number of nitrogens with zero attached hydrogens (tertiary/aromatic N) is 1. The predicted molar refractivity (Wildman–Crippen MR) is 64.4 cm³/mol. The maximum absolute atomic E-state index is 12.1. The topological polar surface area (TPSA) is 61.4 Å². The first-order valence-electron chi connectivity index (χ1n) is 6.48. The van der Waals surface area contributed by atoms with Gasteiger partial charge in [-0.2, -0.15) is 0 Å². The predicted octanol–water partition coefficient (Wildman–Crippen LogP) is -0.134. The Kier molecular flexibility index (Phi) is 3.99. The highest BCUT2D eigenvalue weighted by Gasteiger charge is 2.27. The number of carbonyl (C=O) groups excluding carboxylic acids is 2. The molecule has 5 heteroatoms. The van der Waals surface area contributed by atoms with Crippen LogP contribution in [0.3, 0.4) is 0 Å². The molecular weight excluding hydrogens is 218 g/mol. The highest BCUT2D eigenvalue weighted by atomic mass is 16.2. The minimum absolute atomic E-state index is 0.0696. The standard InChI is InChI=1S/C12H21N3O2/c1-9(14-10-7-11(16)13-8-10)12(17)15-5-3-2-4-6-15/h9-10,14H,2-8H2,1H3,(H,13,16). The molecule has 5 nitrogen and oxygen atoms in total. The van der Waals surface area contributed by atoms with Crippen LogP contribution in [-0.2, 0) is 9.59 Å². The summed E-state index contributed by atoms with van der Waals surface area (Å²) in [5, 5.41) is 6.00. The summed E-state index contributed by atoms with van der Waals surface area (Å²) >= 11 is 0. The Bertz CT molecular complexity index is 300. The number of likely N-dealkylation sites (tertiary alicyclic amines) is 1. The lowest BCUT2D eigenvalue weighted by molar-refractivity contribution is -0.134. The van der Waals surface area contributed by atoms with Crippen LogP contribution in [0.1, 0.15) is 32.6 Å². The van der Waals surface area contributed by atoms with Crippen LogP contribution in [0.5, 0.6) is 0 Å². The number of hydrogen-bond acceptors (Lipinski definition) is 3. The average molecular weight is 239 g/mol. The van der Waals surface area contributed by atoms with Crippen LogP contribution in [-0.4, -0.2) is 48.4 Å². The molecule has 2 atom stereocenters. The zero-order valence-corrected chi connectivity index (χ0v) is 10.4. The number of hydrogen-bond donors (Lipinski definition) is 2. The van der Waals surface area contributed by atoms with E-state index in [1.165, 1.54) is 6.42 Å². The lowest BCUT2D eigenvalue weighted by Gasteiger charge is -2.30. The van der Waals surface area contributed by atoms with Gasteiger partial charge in [0.25, 0.3) is 0 Å². The van der Waals surface area contributed by atoms with E-state index in [9.17, 15) is 9.59 Å². The molecule has 0 aromatic heterocycles. The summed E-state index contributed by atoms with van der Waals surface area (Å²) in [4.78, 5) is 25.1. The van der Waals surface area contributed by atoms with Crippen LogP contribution in [0.4, 0.5) is 0 Å². The fraction of sp³-hybridized carbons (Fsp3) is 0.833. The van der Waals surface area contributed by atoms with Crippen molar-refractivity contribution in [3.63, 3.8) is 0 Å². The van der Waals surface area contributed by atoms with Gasteiger partial charge < -0.3 is 15.5 Å². The van der Waals surface area contributed by atoms with E-state index < -0.39 is 0 Å². The summed E-state index contributed by atoms with van der Waals surface area (Å²) < 4.78 is 0. The summed E-state index contributed by atoms with van der Waals surface area (Å²) in [6, 6.07) is -0.0861. The molecule has 2 aliphatic rings. The van der Waals surface area contributed by atoms with Crippen molar-refractivity contribution in [2.24, 2.45) is 0 Å². The van der Waals surface area contributed by atoms with Gasteiger partial charge in [0.15, 0.2) is 0 Å². The molecule has 2 saturated heterocycles. The smallest absolute Gasteiger partial charge is 0.239 e. The second-order valence-electron chi connectivity index (χ2n) is 4.98. The van der Waals surface area contributed by atoms with Gasteiger partial charge in [0.2, 0.25) is 11.8 Å². The van der Waals surface area contributed by atoms with Gasteiger partial charge in [-0.05, 0) is 26.2 Å². The van der Waals surface area contributed by atoms with Gasteiger partial charge in [-0.1, -0.05) is 0 Å². The Balaban J connectivity index is 1.80. The molecular formula is C12H21N3O2.